The Morgan fingerprint density at radius 3 is 2.23 bits per heavy atom. The average Bonchev–Trinajstić information content (AvgIpc) is 2.67. The molecule has 0 saturated heterocycles. The first-order valence-electron chi connectivity index (χ1n) is 8.05. The number of sulfonamides is 1. The van der Waals surface area contributed by atoms with E-state index < -0.39 is 16.1 Å². The molecular formula is C20H18N2O3S. The summed E-state index contributed by atoms with van der Waals surface area (Å²) in [4.78, 5) is 15.6. The molecule has 1 N–H and O–H groups in total. The third-order valence-electron chi connectivity index (χ3n) is 4.00. The number of pyridine rings is 1. The van der Waals surface area contributed by atoms with Crippen LogP contribution in [0.2, 0.25) is 0 Å². The van der Waals surface area contributed by atoms with Crippen LogP contribution in [0.15, 0.2) is 84.0 Å². The number of carbonyl (C=O) groups is 1. The third-order valence-corrected chi connectivity index (χ3v) is 5.42. The van der Waals surface area contributed by atoms with E-state index >= 15 is 0 Å². The highest BCUT2D eigenvalue weighted by molar-refractivity contribution is 7.89. The SMILES string of the molecule is CC(=O)c1cccc(S(=O)(=O)N[C@H](c2ccccc2)c2ccncc2)c1. The fourth-order valence-electron chi connectivity index (χ4n) is 2.64. The maximum Gasteiger partial charge on any atom is 0.241 e. The number of hydrogen-bond acceptors (Lipinski definition) is 4. The minimum absolute atomic E-state index is 0.0557. The molecule has 3 aromatic rings. The Kier molecular flexibility index (Phi) is 5.25. The topological polar surface area (TPSA) is 76.1 Å². The van der Waals surface area contributed by atoms with Gasteiger partial charge in [-0.15, -0.1) is 0 Å². The molecule has 3 rings (SSSR count). The van der Waals surface area contributed by atoms with Gasteiger partial charge in [0.1, 0.15) is 0 Å². The molecule has 5 nitrogen and oxygen atoms in total. The molecule has 0 saturated carbocycles. The molecule has 0 radical (unpaired) electrons. The monoisotopic (exact) mass is 366 g/mol. The standard InChI is InChI=1S/C20H18N2O3S/c1-15(23)18-8-5-9-19(14-18)26(24,25)22-20(16-6-3-2-4-7-16)17-10-12-21-13-11-17/h2-14,20,22H,1H3/t20-/m1/s1. The average molecular weight is 366 g/mol. The van der Waals surface area contributed by atoms with Crippen LogP contribution < -0.4 is 4.72 Å². The van der Waals surface area contributed by atoms with Crippen molar-refractivity contribution in [3.05, 3.63) is 95.8 Å². The van der Waals surface area contributed by atoms with Crippen LogP contribution in [0.1, 0.15) is 34.5 Å². The second kappa shape index (κ2) is 7.59. The van der Waals surface area contributed by atoms with Crippen LogP contribution >= 0.6 is 0 Å². The fraction of sp³-hybridized carbons (Fsp3) is 0.100. The molecule has 26 heavy (non-hydrogen) atoms. The minimum atomic E-state index is -3.83. The van der Waals surface area contributed by atoms with Gasteiger partial charge in [0.2, 0.25) is 10.0 Å². The molecule has 0 amide bonds. The van der Waals surface area contributed by atoms with Gasteiger partial charge < -0.3 is 0 Å². The second-order valence-electron chi connectivity index (χ2n) is 5.83. The second-order valence-corrected chi connectivity index (χ2v) is 7.54. The van der Waals surface area contributed by atoms with Gasteiger partial charge in [0.05, 0.1) is 10.9 Å². The molecule has 6 heteroatoms. The van der Waals surface area contributed by atoms with Gasteiger partial charge in [0.25, 0.3) is 0 Å². The Morgan fingerprint density at radius 2 is 1.58 bits per heavy atom. The lowest BCUT2D eigenvalue weighted by Gasteiger charge is -2.20. The summed E-state index contributed by atoms with van der Waals surface area (Å²) in [6.07, 6.45) is 3.24. The van der Waals surface area contributed by atoms with Gasteiger partial charge in [-0.25, -0.2) is 8.42 Å². The minimum Gasteiger partial charge on any atom is -0.295 e. The zero-order valence-electron chi connectivity index (χ0n) is 14.2. The first-order chi connectivity index (χ1) is 12.5. The van der Waals surface area contributed by atoms with Crippen LogP contribution in [-0.2, 0) is 10.0 Å². The van der Waals surface area contributed by atoms with Gasteiger partial charge in [-0.3, -0.25) is 9.78 Å². The van der Waals surface area contributed by atoms with Crippen molar-refractivity contribution >= 4 is 15.8 Å². The Balaban J connectivity index is 2.01. The largest absolute Gasteiger partial charge is 0.295 e. The Hall–Kier alpha value is -2.83. The summed E-state index contributed by atoms with van der Waals surface area (Å²) in [6, 6.07) is 18.3. The summed E-state index contributed by atoms with van der Waals surface area (Å²) in [5.41, 5.74) is 1.94. The molecule has 0 fully saturated rings. The van der Waals surface area contributed by atoms with Crippen LogP contribution in [0.3, 0.4) is 0 Å². The van der Waals surface area contributed by atoms with Crippen molar-refractivity contribution in [2.45, 2.75) is 17.9 Å². The molecule has 0 aliphatic heterocycles. The van der Waals surface area contributed by atoms with E-state index in [2.05, 4.69) is 9.71 Å². The van der Waals surface area contributed by atoms with E-state index in [0.29, 0.717) is 5.56 Å². The maximum absolute atomic E-state index is 12.9. The number of benzene rings is 2. The van der Waals surface area contributed by atoms with E-state index in [9.17, 15) is 13.2 Å². The smallest absolute Gasteiger partial charge is 0.241 e. The van der Waals surface area contributed by atoms with Crippen molar-refractivity contribution in [2.75, 3.05) is 0 Å². The molecule has 0 aliphatic carbocycles. The molecule has 0 spiro atoms. The lowest BCUT2D eigenvalue weighted by molar-refractivity contribution is 0.101. The number of carbonyl (C=O) groups excluding carboxylic acids is 1. The molecule has 0 bridgehead atoms. The van der Waals surface area contributed by atoms with E-state index in [4.69, 9.17) is 0 Å². The molecule has 0 unspecified atom stereocenters. The van der Waals surface area contributed by atoms with Crippen LogP contribution in [0, 0.1) is 0 Å². The molecule has 1 atom stereocenters. The number of Topliss-reactive ketones (excluding diaryl/α,β-unsaturated/α-hetero) is 1. The summed E-state index contributed by atoms with van der Waals surface area (Å²) in [5.74, 6) is -0.184. The lowest BCUT2D eigenvalue weighted by atomic mass is 10.0. The highest BCUT2D eigenvalue weighted by Crippen LogP contribution is 2.24. The first kappa shape index (κ1) is 18.0. The van der Waals surface area contributed by atoms with Gasteiger partial charge in [-0.05, 0) is 42.3 Å². The number of aromatic nitrogens is 1. The summed E-state index contributed by atoms with van der Waals surface area (Å²) < 4.78 is 28.6. The number of nitrogens with one attached hydrogen (secondary N) is 1. The zero-order chi connectivity index (χ0) is 18.6. The highest BCUT2D eigenvalue weighted by Gasteiger charge is 2.23. The predicted molar refractivity (Wildman–Crippen MR) is 99.3 cm³/mol. The van der Waals surface area contributed by atoms with Crippen molar-refractivity contribution in [1.82, 2.24) is 9.71 Å². The van der Waals surface area contributed by atoms with E-state index in [1.54, 1.807) is 36.7 Å². The van der Waals surface area contributed by atoms with Gasteiger partial charge in [-0.2, -0.15) is 4.72 Å². The van der Waals surface area contributed by atoms with Crippen molar-refractivity contribution in [2.24, 2.45) is 0 Å². The summed E-state index contributed by atoms with van der Waals surface area (Å²) in [5, 5.41) is 0. The van der Waals surface area contributed by atoms with E-state index in [1.165, 1.54) is 19.1 Å². The van der Waals surface area contributed by atoms with E-state index in [-0.39, 0.29) is 10.7 Å². The number of rotatable bonds is 6. The molecular weight excluding hydrogens is 348 g/mol. The quantitative estimate of drug-likeness (QED) is 0.679. The molecule has 132 valence electrons. The molecule has 1 aromatic heterocycles. The van der Waals surface area contributed by atoms with Gasteiger partial charge in [-0.1, -0.05) is 42.5 Å². The van der Waals surface area contributed by atoms with E-state index in [0.717, 1.165) is 11.1 Å². The van der Waals surface area contributed by atoms with Crippen molar-refractivity contribution in [3.8, 4) is 0 Å². The summed E-state index contributed by atoms with van der Waals surface area (Å²) >= 11 is 0. The predicted octanol–water partition coefficient (Wildman–Crippen LogP) is 3.35. The van der Waals surface area contributed by atoms with Gasteiger partial charge in [0.15, 0.2) is 5.78 Å². The van der Waals surface area contributed by atoms with Crippen LogP contribution in [0.5, 0.6) is 0 Å². The van der Waals surface area contributed by atoms with Crippen LogP contribution in [0.25, 0.3) is 0 Å². The summed E-state index contributed by atoms with van der Waals surface area (Å²) in [7, 11) is -3.83. The fourth-order valence-corrected chi connectivity index (χ4v) is 3.89. The van der Waals surface area contributed by atoms with Crippen LogP contribution in [-0.4, -0.2) is 19.2 Å². The van der Waals surface area contributed by atoms with Crippen molar-refractivity contribution < 1.29 is 13.2 Å². The lowest BCUT2D eigenvalue weighted by Crippen LogP contribution is -2.29. The number of nitrogens with zero attached hydrogens (tertiary/aromatic N) is 1. The highest BCUT2D eigenvalue weighted by atomic mass is 32.2. The first-order valence-corrected chi connectivity index (χ1v) is 9.54. The van der Waals surface area contributed by atoms with Gasteiger partial charge >= 0.3 is 0 Å². The maximum atomic E-state index is 12.9. The number of hydrogen-bond donors (Lipinski definition) is 1. The zero-order valence-corrected chi connectivity index (χ0v) is 15.0. The molecule has 1 heterocycles. The van der Waals surface area contributed by atoms with E-state index in [1.807, 2.05) is 30.3 Å². The van der Waals surface area contributed by atoms with Gasteiger partial charge in [0, 0.05) is 18.0 Å². The molecule has 2 aromatic carbocycles. The Bertz CT molecular complexity index is 964. The molecule has 0 aliphatic rings. The van der Waals surface area contributed by atoms with Crippen molar-refractivity contribution in [1.29, 1.82) is 0 Å². The Morgan fingerprint density at radius 1 is 0.923 bits per heavy atom. The Labute approximate surface area is 152 Å². The van der Waals surface area contributed by atoms with Crippen LogP contribution in [0.4, 0.5) is 0 Å². The van der Waals surface area contributed by atoms with Crippen molar-refractivity contribution in [3.63, 3.8) is 0 Å². The third kappa shape index (κ3) is 4.04. The normalized spacial score (nSPS) is 12.5. The summed E-state index contributed by atoms with van der Waals surface area (Å²) in [6.45, 7) is 1.41. The number of ketones is 1.